The van der Waals surface area contributed by atoms with Gasteiger partial charge in [-0.15, -0.1) is 0 Å². The van der Waals surface area contributed by atoms with Crippen molar-refractivity contribution < 1.29 is 9.53 Å². The van der Waals surface area contributed by atoms with Crippen molar-refractivity contribution in [1.29, 1.82) is 0 Å². The van der Waals surface area contributed by atoms with E-state index in [-0.39, 0.29) is 5.97 Å². The van der Waals surface area contributed by atoms with Crippen molar-refractivity contribution in [2.45, 2.75) is 322 Å². The Balaban J connectivity index is 3.11. The monoisotopic (exact) mass is 761 g/mol. The number of esters is 1. The van der Waals surface area contributed by atoms with Gasteiger partial charge in [0.05, 0.1) is 6.61 Å². The van der Waals surface area contributed by atoms with E-state index >= 15 is 0 Å². The van der Waals surface area contributed by atoms with E-state index < -0.39 is 0 Å². The summed E-state index contributed by atoms with van der Waals surface area (Å²) in [5.74, 6) is 0.0308. The number of hydrogen-bond acceptors (Lipinski definition) is 2. The minimum Gasteiger partial charge on any atom is -0.466 e. The van der Waals surface area contributed by atoms with E-state index in [1.807, 2.05) is 0 Å². The fourth-order valence-corrected chi connectivity index (χ4v) is 8.38. The molecule has 0 aromatic heterocycles. The predicted octanol–water partition coefficient (Wildman–Crippen LogP) is 19.3. The quantitative estimate of drug-likeness (QED) is 0.0456. The molecule has 0 saturated carbocycles. The highest BCUT2D eigenvalue weighted by Crippen LogP contribution is 2.18. The molecule has 0 atom stereocenters. The van der Waals surface area contributed by atoms with Gasteiger partial charge in [-0.25, -0.2) is 0 Å². The summed E-state index contributed by atoms with van der Waals surface area (Å²) < 4.78 is 5.46. The highest BCUT2D eigenvalue weighted by atomic mass is 16.5. The smallest absolute Gasteiger partial charge is 0.305 e. The Labute approximate surface area is 343 Å². The first-order valence-electron chi connectivity index (χ1n) is 26.0. The zero-order chi connectivity index (χ0) is 38.9. The second-order valence-electron chi connectivity index (χ2n) is 17.9. The first-order chi connectivity index (χ1) is 26.8. The third kappa shape index (κ3) is 49.5. The second kappa shape index (κ2) is 50.5. The van der Waals surface area contributed by atoms with Crippen LogP contribution < -0.4 is 0 Å². The number of hydrogen-bond donors (Lipinski definition) is 0. The first-order valence-corrected chi connectivity index (χ1v) is 26.0. The Bertz CT molecular complexity index is 659. The number of unbranched alkanes of at least 4 members (excludes halogenated alkanes) is 45. The Morgan fingerprint density at radius 1 is 0.241 bits per heavy atom. The summed E-state index contributed by atoms with van der Waals surface area (Å²) in [7, 11) is 0. The molecular formula is C52H104O2. The van der Waals surface area contributed by atoms with Crippen LogP contribution in [0.25, 0.3) is 0 Å². The van der Waals surface area contributed by atoms with Crippen molar-refractivity contribution >= 4 is 5.97 Å². The molecule has 0 saturated heterocycles. The maximum absolute atomic E-state index is 12.0. The minimum absolute atomic E-state index is 0.0308. The molecule has 0 aliphatic heterocycles. The zero-order valence-electron chi connectivity index (χ0n) is 38.0. The molecule has 0 radical (unpaired) electrons. The highest BCUT2D eigenvalue weighted by Gasteiger charge is 2.03. The Morgan fingerprint density at radius 2 is 0.407 bits per heavy atom. The van der Waals surface area contributed by atoms with E-state index in [9.17, 15) is 4.79 Å². The third-order valence-corrected chi connectivity index (χ3v) is 12.2. The van der Waals surface area contributed by atoms with Crippen LogP contribution in [-0.4, -0.2) is 12.6 Å². The Kier molecular flexibility index (Phi) is 50.0. The van der Waals surface area contributed by atoms with Gasteiger partial charge in [-0.2, -0.15) is 0 Å². The lowest BCUT2D eigenvalue weighted by Gasteiger charge is -2.06. The lowest BCUT2D eigenvalue weighted by atomic mass is 10.0. The highest BCUT2D eigenvalue weighted by molar-refractivity contribution is 5.69. The molecule has 0 spiro atoms. The second-order valence-corrected chi connectivity index (χ2v) is 17.9. The van der Waals surface area contributed by atoms with E-state index in [0.29, 0.717) is 13.0 Å². The average Bonchev–Trinajstić information content (AvgIpc) is 3.18. The van der Waals surface area contributed by atoms with Gasteiger partial charge in [-0.1, -0.05) is 303 Å². The molecule has 0 unspecified atom stereocenters. The minimum atomic E-state index is 0.0308. The third-order valence-electron chi connectivity index (χ3n) is 12.2. The molecule has 0 aromatic carbocycles. The number of carbonyl (C=O) groups excluding carboxylic acids is 1. The van der Waals surface area contributed by atoms with Gasteiger partial charge in [0.15, 0.2) is 0 Å². The summed E-state index contributed by atoms with van der Waals surface area (Å²) >= 11 is 0. The molecule has 2 nitrogen and oxygen atoms in total. The van der Waals surface area contributed by atoms with Crippen molar-refractivity contribution in [3.63, 3.8) is 0 Å². The van der Waals surface area contributed by atoms with Crippen LogP contribution in [0.4, 0.5) is 0 Å². The van der Waals surface area contributed by atoms with Gasteiger partial charge in [-0.3, -0.25) is 4.79 Å². The summed E-state index contributed by atoms with van der Waals surface area (Å²) in [6.07, 6.45) is 67.0. The van der Waals surface area contributed by atoms with Gasteiger partial charge in [0.2, 0.25) is 0 Å². The molecule has 0 fully saturated rings. The average molecular weight is 761 g/mol. The molecule has 2 heteroatoms. The van der Waals surface area contributed by atoms with E-state index in [1.165, 1.54) is 289 Å². The van der Waals surface area contributed by atoms with Gasteiger partial charge in [0.25, 0.3) is 0 Å². The van der Waals surface area contributed by atoms with E-state index in [4.69, 9.17) is 4.74 Å². The van der Waals surface area contributed by atoms with Crippen LogP contribution in [0.2, 0.25) is 0 Å². The van der Waals surface area contributed by atoms with Crippen LogP contribution in [0.3, 0.4) is 0 Å². The lowest BCUT2D eigenvalue weighted by molar-refractivity contribution is -0.143. The van der Waals surface area contributed by atoms with Gasteiger partial charge < -0.3 is 4.74 Å². The van der Waals surface area contributed by atoms with Gasteiger partial charge in [0, 0.05) is 6.42 Å². The van der Waals surface area contributed by atoms with E-state index in [2.05, 4.69) is 13.8 Å². The van der Waals surface area contributed by atoms with Crippen molar-refractivity contribution in [1.82, 2.24) is 0 Å². The number of carbonyl (C=O) groups is 1. The number of rotatable bonds is 49. The molecule has 0 amide bonds. The predicted molar refractivity (Wildman–Crippen MR) is 244 cm³/mol. The molecule has 0 aromatic rings. The summed E-state index contributed by atoms with van der Waals surface area (Å²) in [5.41, 5.74) is 0. The van der Waals surface area contributed by atoms with Crippen molar-refractivity contribution in [2.24, 2.45) is 0 Å². The van der Waals surface area contributed by atoms with Crippen LogP contribution in [0.1, 0.15) is 322 Å². The standard InChI is InChI=1S/C52H104O2/c1-3-5-7-9-11-13-15-16-17-18-19-20-21-22-23-24-25-26-27-28-29-30-31-32-33-34-35-36-37-38-39-40-42-44-46-48-50-52(53)54-51-49-47-45-43-41-14-12-10-8-6-4-2/h3-51H2,1-2H3. The summed E-state index contributed by atoms with van der Waals surface area (Å²) in [5, 5.41) is 0. The summed E-state index contributed by atoms with van der Waals surface area (Å²) in [6.45, 7) is 5.23. The molecule has 324 valence electrons. The number of ether oxygens (including phenoxy) is 1. The first kappa shape index (κ1) is 53.5. The molecule has 0 heterocycles. The van der Waals surface area contributed by atoms with Crippen LogP contribution in [0.15, 0.2) is 0 Å². The maximum atomic E-state index is 12.0. The molecule has 0 aliphatic rings. The SMILES string of the molecule is CCCCCCCCCCCCCCCCCCCCCCCCCCCCCCCCCCCCCCC(=O)OCCCCCCCCCCCCC. The van der Waals surface area contributed by atoms with Gasteiger partial charge in [-0.05, 0) is 12.8 Å². The summed E-state index contributed by atoms with van der Waals surface area (Å²) in [4.78, 5) is 12.0. The molecule has 0 N–H and O–H groups in total. The fraction of sp³-hybridized carbons (Fsp3) is 0.981. The van der Waals surface area contributed by atoms with Crippen molar-refractivity contribution in [3.05, 3.63) is 0 Å². The Hall–Kier alpha value is -0.530. The summed E-state index contributed by atoms with van der Waals surface area (Å²) in [6, 6.07) is 0. The largest absolute Gasteiger partial charge is 0.466 e. The molecule has 54 heavy (non-hydrogen) atoms. The maximum Gasteiger partial charge on any atom is 0.305 e. The lowest BCUT2D eigenvalue weighted by Crippen LogP contribution is -2.05. The van der Waals surface area contributed by atoms with E-state index in [1.54, 1.807) is 0 Å². The van der Waals surface area contributed by atoms with Crippen LogP contribution in [-0.2, 0) is 9.53 Å². The molecule has 0 aliphatic carbocycles. The zero-order valence-corrected chi connectivity index (χ0v) is 38.0. The van der Waals surface area contributed by atoms with Gasteiger partial charge in [0.1, 0.15) is 0 Å². The van der Waals surface area contributed by atoms with Gasteiger partial charge >= 0.3 is 5.97 Å². The topological polar surface area (TPSA) is 26.3 Å². The van der Waals surface area contributed by atoms with Crippen molar-refractivity contribution in [3.8, 4) is 0 Å². The molecule has 0 bridgehead atoms. The molecule has 0 rings (SSSR count). The fourth-order valence-electron chi connectivity index (χ4n) is 8.38. The van der Waals surface area contributed by atoms with Crippen molar-refractivity contribution in [2.75, 3.05) is 6.61 Å². The van der Waals surface area contributed by atoms with E-state index in [0.717, 1.165) is 12.8 Å². The Morgan fingerprint density at radius 3 is 0.611 bits per heavy atom. The normalized spacial score (nSPS) is 11.5. The van der Waals surface area contributed by atoms with Crippen LogP contribution in [0, 0.1) is 0 Å². The molecular weight excluding hydrogens is 657 g/mol. The van der Waals surface area contributed by atoms with Crippen LogP contribution in [0.5, 0.6) is 0 Å². The van der Waals surface area contributed by atoms with Crippen LogP contribution >= 0.6 is 0 Å².